The minimum Gasteiger partial charge on any atom is -0.382 e. The lowest BCUT2D eigenvalue weighted by atomic mass is 10.0. The van der Waals surface area contributed by atoms with Gasteiger partial charge < -0.3 is 10.8 Å². The highest BCUT2D eigenvalue weighted by molar-refractivity contribution is 7.59. The van der Waals surface area contributed by atoms with Crippen molar-refractivity contribution in [2.45, 2.75) is 19.4 Å². The molecule has 0 aliphatic carbocycles. The van der Waals surface area contributed by atoms with Gasteiger partial charge in [0.15, 0.2) is 11.4 Å². The molecule has 3 aromatic heterocycles. The number of fused-ring (bicyclic) bond motifs is 1. The van der Waals surface area contributed by atoms with E-state index in [9.17, 15) is 5.11 Å². The average molecular weight is 416 g/mol. The van der Waals surface area contributed by atoms with Gasteiger partial charge in [-0.05, 0) is 50.2 Å². The van der Waals surface area contributed by atoms with Crippen LogP contribution in [0.5, 0.6) is 0 Å². The number of pyridine rings is 2. The van der Waals surface area contributed by atoms with E-state index in [1.165, 1.54) is 0 Å². The maximum atomic E-state index is 10.6. The van der Waals surface area contributed by atoms with Gasteiger partial charge in [-0.2, -0.15) is 13.5 Å². The highest BCUT2D eigenvalue weighted by Gasteiger charge is 2.21. The summed E-state index contributed by atoms with van der Waals surface area (Å²) in [7, 11) is 0. The molecule has 0 spiro atoms. The molecule has 0 amide bonds. The number of rotatable bonds is 2. The van der Waals surface area contributed by atoms with Crippen molar-refractivity contribution >= 4 is 30.3 Å². The van der Waals surface area contributed by atoms with E-state index in [1.807, 2.05) is 42.5 Å². The van der Waals surface area contributed by atoms with Crippen LogP contribution in [0.15, 0.2) is 60.8 Å². The highest BCUT2D eigenvalue weighted by Crippen LogP contribution is 2.23. The maximum absolute atomic E-state index is 10.6. The lowest BCUT2D eigenvalue weighted by Crippen LogP contribution is -2.19. The largest absolute Gasteiger partial charge is 0.382 e. The van der Waals surface area contributed by atoms with E-state index in [0.717, 1.165) is 16.8 Å². The van der Waals surface area contributed by atoms with Crippen molar-refractivity contribution in [3.05, 3.63) is 77.9 Å². The van der Waals surface area contributed by atoms with Crippen molar-refractivity contribution in [2.75, 3.05) is 5.73 Å². The van der Waals surface area contributed by atoms with Crippen LogP contribution in [0.2, 0.25) is 0 Å². The first kappa shape index (κ1) is 21.2. The molecule has 4 rings (SSSR count). The SMILES string of the molecule is Cc1nc(N)c2nc(-c3cccc(C#C[C@](C)(O)c4ccccn4)c3)ccc2n1.S. The monoisotopic (exact) mass is 415 g/mol. The standard InChI is InChI=1S/C23H19N5O.H2S/c1-15-26-19-10-9-18(28-21(19)22(24)27-15)17-7-5-6-16(14-17)11-12-23(2,29)20-8-3-4-13-25-20;/h3-10,13-14,29H,1-2H3,(H2,24,26,27);1H2/t23-;/m0./s1. The van der Waals surface area contributed by atoms with Gasteiger partial charge in [-0.1, -0.05) is 30.0 Å². The summed E-state index contributed by atoms with van der Waals surface area (Å²) < 4.78 is 0. The van der Waals surface area contributed by atoms with E-state index < -0.39 is 5.60 Å². The molecular weight excluding hydrogens is 394 g/mol. The van der Waals surface area contributed by atoms with Gasteiger partial charge in [0.2, 0.25) is 0 Å². The molecule has 0 bridgehead atoms. The molecule has 0 radical (unpaired) electrons. The number of benzene rings is 1. The van der Waals surface area contributed by atoms with Crippen LogP contribution in [0.4, 0.5) is 5.82 Å². The molecule has 4 aromatic rings. The third-order valence-corrected chi connectivity index (χ3v) is 4.45. The van der Waals surface area contributed by atoms with Gasteiger partial charge in [0.25, 0.3) is 0 Å². The molecule has 0 saturated carbocycles. The molecule has 3 N–H and O–H groups in total. The van der Waals surface area contributed by atoms with E-state index in [1.54, 1.807) is 32.2 Å². The number of hydrogen-bond acceptors (Lipinski definition) is 6. The Labute approximate surface area is 181 Å². The normalized spacial score (nSPS) is 12.4. The maximum Gasteiger partial charge on any atom is 0.165 e. The quantitative estimate of drug-likeness (QED) is 0.487. The Morgan fingerprint density at radius 1 is 1.00 bits per heavy atom. The van der Waals surface area contributed by atoms with Crippen LogP contribution in [0.3, 0.4) is 0 Å². The van der Waals surface area contributed by atoms with Crippen LogP contribution in [0.1, 0.15) is 24.0 Å². The van der Waals surface area contributed by atoms with Crippen molar-refractivity contribution in [3.8, 4) is 23.1 Å². The van der Waals surface area contributed by atoms with Gasteiger partial charge in [0.05, 0.1) is 16.9 Å². The van der Waals surface area contributed by atoms with Crippen LogP contribution in [0.25, 0.3) is 22.3 Å². The van der Waals surface area contributed by atoms with E-state index in [4.69, 9.17) is 5.73 Å². The molecule has 0 aliphatic rings. The zero-order chi connectivity index (χ0) is 20.4. The Balaban J connectivity index is 0.00000256. The Kier molecular flexibility index (Phi) is 6.01. The molecule has 6 nitrogen and oxygen atoms in total. The second-order valence-electron chi connectivity index (χ2n) is 6.84. The number of nitrogen functional groups attached to an aromatic ring is 1. The third kappa shape index (κ3) is 4.40. The van der Waals surface area contributed by atoms with Gasteiger partial charge in [-0.15, -0.1) is 0 Å². The minimum atomic E-state index is -1.35. The predicted octanol–water partition coefficient (Wildman–Crippen LogP) is 3.35. The molecule has 7 heteroatoms. The summed E-state index contributed by atoms with van der Waals surface area (Å²) in [6, 6.07) is 16.8. The number of hydrogen-bond donors (Lipinski definition) is 2. The Bertz CT molecular complexity index is 1260. The second kappa shape index (κ2) is 8.49. The van der Waals surface area contributed by atoms with Gasteiger partial charge >= 0.3 is 0 Å². The molecule has 0 unspecified atom stereocenters. The van der Waals surface area contributed by atoms with Crippen LogP contribution in [-0.4, -0.2) is 25.0 Å². The van der Waals surface area contributed by atoms with E-state index >= 15 is 0 Å². The lowest BCUT2D eigenvalue weighted by molar-refractivity contribution is 0.117. The number of aliphatic hydroxyl groups is 1. The first-order chi connectivity index (χ1) is 13.9. The minimum absolute atomic E-state index is 0. The number of nitrogens with two attached hydrogens (primary N) is 1. The molecule has 30 heavy (non-hydrogen) atoms. The summed E-state index contributed by atoms with van der Waals surface area (Å²) in [6.07, 6.45) is 1.63. The summed E-state index contributed by atoms with van der Waals surface area (Å²) in [4.78, 5) is 17.4. The van der Waals surface area contributed by atoms with Crippen molar-refractivity contribution in [1.82, 2.24) is 19.9 Å². The molecule has 0 fully saturated rings. The van der Waals surface area contributed by atoms with Gasteiger partial charge in [-0.3, -0.25) is 4.98 Å². The molecule has 1 atom stereocenters. The van der Waals surface area contributed by atoms with Gasteiger partial charge in [0, 0.05) is 17.3 Å². The van der Waals surface area contributed by atoms with Gasteiger partial charge in [0.1, 0.15) is 11.3 Å². The fourth-order valence-corrected chi connectivity index (χ4v) is 2.98. The van der Waals surface area contributed by atoms with Crippen molar-refractivity contribution in [2.24, 2.45) is 0 Å². The summed E-state index contributed by atoms with van der Waals surface area (Å²) >= 11 is 0. The Morgan fingerprint density at radius 3 is 2.60 bits per heavy atom. The molecule has 0 saturated heterocycles. The van der Waals surface area contributed by atoms with Crippen molar-refractivity contribution in [1.29, 1.82) is 0 Å². The fraction of sp³-hybridized carbons (Fsp3) is 0.130. The van der Waals surface area contributed by atoms with Crippen molar-refractivity contribution in [3.63, 3.8) is 0 Å². The lowest BCUT2D eigenvalue weighted by Gasteiger charge is -2.14. The topological polar surface area (TPSA) is 97.8 Å². The van der Waals surface area contributed by atoms with E-state index in [2.05, 4.69) is 31.8 Å². The van der Waals surface area contributed by atoms with Crippen LogP contribution < -0.4 is 5.73 Å². The van der Waals surface area contributed by atoms with E-state index in [-0.39, 0.29) is 13.5 Å². The number of nitrogens with zero attached hydrogens (tertiary/aromatic N) is 4. The van der Waals surface area contributed by atoms with Crippen LogP contribution in [0, 0.1) is 18.8 Å². The third-order valence-electron chi connectivity index (χ3n) is 4.45. The molecule has 0 aliphatic heterocycles. The van der Waals surface area contributed by atoms with Crippen LogP contribution >= 0.6 is 13.5 Å². The number of anilines is 1. The molecule has 3 heterocycles. The highest BCUT2D eigenvalue weighted by atomic mass is 32.1. The number of aromatic nitrogens is 4. The first-order valence-electron chi connectivity index (χ1n) is 9.11. The second-order valence-corrected chi connectivity index (χ2v) is 6.84. The summed E-state index contributed by atoms with van der Waals surface area (Å²) in [5, 5.41) is 10.6. The first-order valence-corrected chi connectivity index (χ1v) is 9.11. The van der Waals surface area contributed by atoms with Gasteiger partial charge in [-0.25, -0.2) is 15.0 Å². The Morgan fingerprint density at radius 2 is 1.83 bits per heavy atom. The summed E-state index contributed by atoms with van der Waals surface area (Å²) in [5.41, 5.74) is 8.85. The van der Waals surface area contributed by atoms with Crippen molar-refractivity contribution < 1.29 is 5.11 Å². The number of aryl methyl sites for hydroxylation is 1. The molecule has 150 valence electrons. The molecule has 1 aromatic carbocycles. The van der Waals surface area contributed by atoms with E-state index in [0.29, 0.717) is 28.4 Å². The average Bonchev–Trinajstić information content (AvgIpc) is 2.73. The Hall–Kier alpha value is -3.47. The predicted molar refractivity (Wildman–Crippen MR) is 123 cm³/mol. The molecular formula is C23H21N5OS. The smallest absolute Gasteiger partial charge is 0.165 e. The van der Waals surface area contributed by atoms with Crippen LogP contribution in [-0.2, 0) is 5.60 Å². The zero-order valence-corrected chi connectivity index (χ0v) is 17.6. The summed E-state index contributed by atoms with van der Waals surface area (Å²) in [5.74, 6) is 6.90. The summed E-state index contributed by atoms with van der Waals surface area (Å²) in [6.45, 7) is 3.42. The zero-order valence-electron chi connectivity index (χ0n) is 16.6. The fourth-order valence-electron chi connectivity index (χ4n) is 2.98.